The fourth-order valence-electron chi connectivity index (χ4n) is 11.7. The molecule has 4 heterocycles. The van der Waals surface area contributed by atoms with Crippen molar-refractivity contribution in [1.82, 2.24) is 4.57 Å². The van der Waals surface area contributed by atoms with Gasteiger partial charge in [0.1, 0.15) is 5.58 Å². The van der Waals surface area contributed by atoms with Gasteiger partial charge in [-0.05, 0) is 119 Å². The zero-order valence-corrected chi connectivity index (χ0v) is 32.3. The number of hydrogen-bond acceptors (Lipinski definition) is 2. The topological polar surface area (TPSA) is 21.3 Å². The number of fused-ring (bicyclic) bond motifs is 23. The van der Waals surface area contributed by atoms with E-state index in [0.29, 0.717) is 0 Å². The van der Waals surface area contributed by atoms with Crippen LogP contribution in [0.25, 0.3) is 103 Å². The van der Waals surface area contributed by atoms with Crippen LogP contribution in [0.4, 0.5) is 17.1 Å². The highest BCUT2D eigenvalue weighted by Gasteiger charge is 2.46. The maximum atomic E-state index is 7.29. The average molecular weight is 759 g/mol. The summed E-state index contributed by atoms with van der Waals surface area (Å²) in [5.74, 6) is 0. The summed E-state index contributed by atoms with van der Waals surface area (Å²) < 4.78 is 9.90. The lowest BCUT2D eigenvalue weighted by atomic mass is 9.35. The van der Waals surface area contributed by atoms with Crippen molar-refractivity contribution in [2.24, 2.45) is 0 Å². The lowest BCUT2D eigenvalue weighted by molar-refractivity contribution is 0.651. The van der Waals surface area contributed by atoms with Crippen LogP contribution < -0.4 is 21.5 Å². The van der Waals surface area contributed by atoms with Gasteiger partial charge < -0.3 is 13.9 Å². The molecule has 0 amide bonds. The minimum Gasteiger partial charge on any atom is -0.468 e. The van der Waals surface area contributed by atoms with Crippen molar-refractivity contribution in [3.8, 4) is 5.69 Å². The highest BCUT2D eigenvalue weighted by atomic mass is 16.3. The van der Waals surface area contributed by atoms with Crippen LogP contribution in [0.3, 0.4) is 0 Å². The monoisotopic (exact) mass is 758 g/mol. The van der Waals surface area contributed by atoms with E-state index in [1.54, 1.807) is 0 Å². The maximum Gasteiger partial charge on any atom is 0.297 e. The molecule has 15 rings (SSSR count). The number of nitrogens with zero attached hydrogens (tertiary/aromatic N) is 2. The zero-order chi connectivity index (χ0) is 38.8. The quantitative estimate of drug-likeness (QED) is 0.123. The summed E-state index contributed by atoms with van der Waals surface area (Å²) in [5.41, 5.74) is 11.6. The van der Waals surface area contributed by atoms with Crippen molar-refractivity contribution in [1.29, 1.82) is 0 Å². The number of benzene rings is 11. The first kappa shape index (κ1) is 31.2. The van der Waals surface area contributed by atoms with Crippen molar-refractivity contribution in [2.75, 3.05) is 4.90 Å². The Kier molecular flexibility index (Phi) is 5.73. The van der Waals surface area contributed by atoms with Crippen molar-refractivity contribution >= 4 is 138 Å². The van der Waals surface area contributed by atoms with Crippen LogP contribution >= 0.6 is 0 Å². The molecule has 0 atom stereocenters. The Morgan fingerprint density at radius 2 is 0.900 bits per heavy atom. The molecule has 274 valence electrons. The normalized spacial score (nSPS) is 13.3. The van der Waals surface area contributed by atoms with Crippen molar-refractivity contribution in [3.63, 3.8) is 0 Å². The maximum absolute atomic E-state index is 7.29. The minimum atomic E-state index is -0.171. The number of anilines is 3. The SMILES string of the molecule is c1ccc(N2c3cccc4c3B(c3oc5ccccc5c32)c2c3c5ccccc5c5ccccc5c3cc3c5c6c7ccccc7c7ccccc7c6ccc5n-4c23)cc1. The van der Waals surface area contributed by atoms with Crippen LogP contribution in [0.5, 0.6) is 0 Å². The van der Waals surface area contributed by atoms with E-state index < -0.39 is 0 Å². The second-order valence-electron chi connectivity index (χ2n) is 16.6. The van der Waals surface area contributed by atoms with Crippen molar-refractivity contribution in [2.45, 2.75) is 0 Å². The Labute approximate surface area is 344 Å². The van der Waals surface area contributed by atoms with E-state index in [1.165, 1.54) is 109 Å². The summed E-state index contributed by atoms with van der Waals surface area (Å²) in [6.45, 7) is -0.171. The smallest absolute Gasteiger partial charge is 0.297 e. The van der Waals surface area contributed by atoms with Crippen LogP contribution in [0.15, 0.2) is 192 Å². The molecule has 3 nitrogen and oxygen atoms in total. The summed E-state index contributed by atoms with van der Waals surface area (Å²) in [6, 6.07) is 69.7. The van der Waals surface area contributed by atoms with Gasteiger partial charge in [0.2, 0.25) is 0 Å². The van der Waals surface area contributed by atoms with Gasteiger partial charge in [0, 0.05) is 38.6 Å². The molecule has 0 unspecified atom stereocenters. The lowest BCUT2D eigenvalue weighted by Crippen LogP contribution is -2.60. The van der Waals surface area contributed by atoms with E-state index in [0.717, 1.165) is 28.0 Å². The zero-order valence-electron chi connectivity index (χ0n) is 32.3. The number of rotatable bonds is 1. The molecular weight excluding hydrogens is 727 g/mol. The van der Waals surface area contributed by atoms with Gasteiger partial charge >= 0.3 is 0 Å². The van der Waals surface area contributed by atoms with E-state index >= 15 is 0 Å². The van der Waals surface area contributed by atoms with E-state index in [2.05, 4.69) is 198 Å². The summed E-state index contributed by atoms with van der Waals surface area (Å²) >= 11 is 0. The fourth-order valence-corrected chi connectivity index (χ4v) is 11.7. The predicted octanol–water partition coefficient (Wildman–Crippen LogP) is 13.1. The Morgan fingerprint density at radius 3 is 1.58 bits per heavy atom. The van der Waals surface area contributed by atoms with Gasteiger partial charge in [-0.15, -0.1) is 0 Å². The van der Waals surface area contributed by atoms with Crippen molar-refractivity contribution in [3.05, 3.63) is 188 Å². The third-order valence-electron chi connectivity index (χ3n) is 13.9. The fraction of sp³-hybridized carbons (Fsp3) is 0. The van der Waals surface area contributed by atoms with E-state index in [9.17, 15) is 0 Å². The Balaban J connectivity index is 1.25. The van der Waals surface area contributed by atoms with Gasteiger partial charge in [0.15, 0.2) is 0 Å². The van der Waals surface area contributed by atoms with Crippen LogP contribution in [0.1, 0.15) is 0 Å². The van der Waals surface area contributed by atoms with Gasteiger partial charge in [0.05, 0.1) is 22.4 Å². The average Bonchev–Trinajstić information content (AvgIpc) is 3.87. The first-order valence-electron chi connectivity index (χ1n) is 20.9. The van der Waals surface area contributed by atoms with E-state index in [4.69, 9.17) is 4.42 Å². The van der Waals surface area contributed by atoms with Gasteiger partial charge in [-0.3, -0.25) is 0 Å². The molecule has 0 fully saturated rings. The Morgan fingerprint density at radius 1 is 0.367 bits per heavy atom. The molecular formula is C56H31BN2O. The standard InChI is InChI=1S/C56H31BN2O/c1-2-15-32(16-3-1)58-46-26-14-27-47-52(46)57(56-55(58)42-25-12-13-28-48(42)60-56)53-50-40-24-11-9-20-36(40)34-18-5-7-22-38(34)43(50)31-44-51-45(59(47)54(44)53)30-29-41-37-21-6-4-17-33(37)35-19-8-10-23-39(35)49(41)51/h1-31H. The molecule has 2 aliphatic rings. The molecule has 0 radical (unpaired) electrons. The highest BCUT2D eigenvalue weighted by molar-refractivity contribution is 7.01. The summed E-state index contributed by atoms with van der Waals surface area (Å²) in [5, 5.41) is 19.1. The Hall–Kier alpha value is -7.82. The first-order chi connectivity index (χ1) is 29.8. The third-order valence-corrected chi connectivity index (χ3v) is 13.9. The number of aromatic nitrogens is 1. The second kappa shape index (κ2) is 11.0. The van der Waals surface area contributed by atoms with Gasteiger partial charge in [-0.1, -0.05) is 140 Å². The molecule has 0 bridgehead atoms. The first-order valence-corrected chi connectivity index (χ1v) is 20.9. The van der Waals surface area contributed by atoms with Gasteiger partial charge in [0.25, 0.3) is 6.71 Å². The molecule has 4 heteroatoms. The number of hydrogen-bond donors (Lipinski definition) is 0. The van der Waals surface area contributed by atoms with Crippen LogP contribution in [-0.2, 0) is 0 Å². The van der Waals surface area contributed by atoms with Gasteiger partial charge in [-0.25, -0.2) is 0 Å². The molecule has 13 aromatic rings. The molecule has 0 N–H and O–H groups in total. The molecule has 0 spiro atoms. The molecule has 0 saturated heterocycles. The van der Waals surface area contributed by atoms with Gasteiger partial charge in [-0.2, -0.15) is 0 Å². The van der Waals surface area contributed by atoms with Crippen LogP contribution in [-0.4, -0.2) is 11.3 Å². The minimum absolute atomic E-state index is 0.171. The molecule has 2 aliphatic heterocycles. The lowest BCUT2D eigenvalue weighted by Gasteiger charge is -2.38. The molecule has 60 heavy (non-hydrogen) atoms. The molecule has 11 aromatic carbocycles. The van der Waals surface area contributed by atoms with E-state index in [-0.39, 0.29) is 6.71 Å². The molecule has 0 saturated carbocycles. The Bertz CT molecular complexity index is 4050. The summed E-state index contributed by atoms with van der Waals surface area (Å²) in [4.78, 5) is 2.46. The second-order valence-corrected chi connectivity index (χ2v) is 16.6. The largest absolute Gasteiger partial charge is 0.468 e. The van der Waals surface area contributed by atoms with Crippen LogP contribution in [0.2, 0.25) is 0 Å². The molecule has 2 aromatic heterocycles. The predicted molar refractivity (Wildman–Crippen MR) is 255 cm³/mol. The summed E-state index contributed by atoms with van der Waals surface area (Å²) in [7, 11) is 0. The van der Waals surface area contributed by atoms with Crippen LogP contribution in [0, 0.1) is 0 Å². The third kappa shape index (κ3) is 3.66. The summed E-state index contributed by atoms with van der Waals surface area (Å²) in [6.07, 6.45) is 0. The molecule has 0 aliphatic carbocycles. The highest BCUT2D eigenvalue weighted by Crippen LogP contribution is 2.49. The van der Waals surface area contributed by atoms with E-state index in [1.807, 2.05) is 0 Å². The number of para-hydroxylation sites is 2. The van der Waals surface area contributed by atoms with Crippen molar-refractivity contribution < 1.29 is 4.42 Å². The number of furan rings is 1.